The minimum Gasteiger partial charge on any atom is -0.330 e. The summed E-state index contributed by atoms with van der Waals surface area (Å²) in [6.07, 6.45) is 0. The lowest BCUT2D eigenvalue weighted by molar-refractivity contribution is 0.624. The molecule has 3 aromatic rings. The predicted molar refractivity (Wildman–Crippen MR) is 79.0 cm³/mol. The third-order valence-corrected chi connectivity index (χ3v) is 3.89. The van der Waals surface area contributed by atoms with E-state index in [0.717, 1.165) is 10.2 Å². The standard InChI is InChI=1S/C14H7ClFN3S/c15-8-4-5-12-13(6-8)20-14(19-12)18-11-3-1-2-10(16)9(11)7-17/h1-6H,(H,18,19). The highest BCUT2D eigenvalue weighted by molar-refractivity contribution is 7.22. The quantitative estimate of drug-likeness (QED) is 0.746. The summed E-state index contributed by atoms with van der Waals surface area (Å²) >= 11 is 7.32. The number of benzene rings is 2. The number of nitrogens with one attached hydrogen (secondary N) is 1. The number of aromatic nitrogens is 1. The van der Waals surface area contributed by atoms with Crippen LogP contribution in [0.2, 0.25) is 5.02 Å². The molecule has 3 rings (SSSR count). The van der Waals surface area contributed by atoms with Gasteiger partial charge in [0.15, 0.2) is 5.13 Å². The van der Waals surface area contributed by atoms with Crippen molar-refractivity contribution >= 4 is 44.0 Å². The zero-order valence-electron chi connectivity index (χ0n) is 10.0. The molecule has 0 aliphatic rings. The lowest BCUT2D eigenvalue weighted by atomic mass is 10.2. The lowest BCUT2D eigenvalue weighted by Gasteiger charge is -2.04. The molecule has 1 N–H and O–H groups in total. The summed E-state index contributed by atoms with van der Waals surface area (Å²) in [6, 6.07) is 11.7. The van der Waals surface area contributed by atoms with Crippen LogP contribution in [0, 0.1) is 17.1 Å². The molecule has 0 aliphatic heterocycles. The van der Waals surface area contributed by atoms with Gasteiger partial charge in [-0.15, -0.1) is 0 Å². The van der Waals surface area contributed by atoms with Crippen LogP contribution in [0.5, 0.6) is 0 Å². The van der Waals surface area contributed by atoms with Crippen molar-refractivity contribution in [3.63, 3.8) is 0 Å². The molecule has 0 amide bonds. The van der Waals surface area contributed by atoms with Gasteiger partial charge in [-0.3, -0.25) is 0 Å². The van der Waals surface area contributed by atoms with Crippen LogP contribution in [0.1, 0.15) is 5.56 Å². The molecule has 0 spiro atoms. The zero-order valence-corrected chi connectivity index (χ0v) is 11.6. The highest BCUT2D eigenvalue weighted by Crippen LogP contribution is 2.31. The first-order valence-corrected chi connectivity index (χ1v) is 6.88. The number of anilines is 2. The van der Waals surface area contributed by atoms with E-state index in [1.54, 1.807) is 18.2 Å². The largest absolute Gasteiger partial charge is 0.330 e. The second kappa shape index (κ2) is 5.08. The van der Waals surface area contributed by atoms with E-state index in [0.29, 0.717) is 15.8 Å². The minimum atomic E-state index is -0.554. The maximum Gasteiger partial charge on any atom is 0.188 e. The molecule has 1 aromatic heterocycles. The average molecular weight is 304 g/mol. The van der Waals surface area contributed by atoms with Crippen LogP contribution in [0.15, 0.2) is 36.4 Å². The molecule has 0 bridgehead atoms. The van der Waals surface area contributed by atoms with Gasteiger partial charge in [0.25, 0.3) is 0 Å². The van der Waals surface area contributed by atoms with Crippen LogP contribution >= 0.6 is 22.9 Å². The van der Waals surface area contributed by atoms with Gasteiger partial charge in [0.1, 0.15) is 17.4 Å². The van der Waals surface area contributed by atoms with E-state index in [4.69, 9.17) is 16.9 Å². The fourth-order valence-corrected chi connectivity index (χ4v) is 2.96. The van der Waals surface area contributed by atoms with Gasteiger partial charge in [-0.25, -0.2) is 9.37 Å². The number of hydrogen-bond donors (Lipinski definition) is 1. The van der Waals surface area contributed by atoms with E-state index in [2.05, 4.69) is 10.3 Å². The first-order chi connectivity index (χ1) is 9.67. The van der Waals surface area contributed by atoms with Gasteiger partial charge in [-0.2, -0.15) is 5.26 Å². The Morgan fingerprint density at radius 2 is 2.15 bits per heavy atom. The van der Waals surface area contributed by atoms with Gasteiger partial charge in [0.05, 0.1) is 15.9 Å². The number of hydrogen-bond acceptors (Lipinski definition) is 4. The van der Waals surface area contributed by atoms with E-state index < -0.39 is 5.82 Å². The number of nitriles is 1. The summed E-state index contributed by atoms with van der Waals surface area (Å²) in [6.45, 7) is 0. The van der Waals surface area contributed by atoms with E-state index in [1.165, 1.54) is 17.4 Å². The first kappa shape index (κ1) is 12.9. The SMILES string of the molecule is N#Cc1c(F)cccc1Nc1nc2ccc(Cl)cc2s1. The van der Waals surface area contributed by atoms with Gasteiger partial charge in [0, 0.05) is 5.02 Å². The van der Waals surface area contributed by atoms with Crippen molar-refractivity contribution < 1.29 is 4.39 Å². The van der Waals surface area contributed by atoms with Gasteiger partial charge >= 0.3 is 0 Å². The van der Waals surface area contributed by atoms with Crippen LogP contribution in [0.4, 0.5) is 15.2 Å². The Bertz CT molecular complexity index is 838. The molecule has 1 heterocycles. The van der Waals surface area contributed by atoms with Gasteiger partial charge in [-0.1, -0.05) is 29.0 Å². The summed E-state index contributed by atoms with van der Waals surface area (Å²) in [5.74, 6) is -0.554. The van der Waals surface area contributed by atoms with Crippen molar-refractivity contribution in [3.8, 4) is 6.07 Å². The van der Waals surface area contributed by atoms with Crippen molar-refractivity contribution in [2.75, 3.05) is 5.32 Å². The summed E-state index contributed by atoms with van der Waals surface area (Å²) in [7, 11) is 0. The maximum atomic E-state index is 13.5. The lowest BCUT2D eigenvalue weighted by Crippen LogP contribution is -1.95. The highest BCUT2D eigenvalue weighted by atomic mass is 35.5. The van der Waals surface area contributed by atoms with E-state index >= 15 is 0 Å². The van der Waals surface area contributed by atoms with Crippen molar-refractivity contribution in [1.29, 1.82) is 5.26 Å². The first-order valence-electron chi connectivity index (χ1n) is 5.69. The average Bonchev–Trinajstić information content (AvgIpc) is 2.80. The smallest absolute Gasteiger partial charge is 0.188 e. The Morgan fingerprint density at radius 3 is 2.95 bits per heavy atom. The van der Waals surface area contributed by atoms with Crippen LogP contribution < -0.4 is 5.32 Å². The molecule has 2 aromatic carbocycles. The van der Waals surface area contributed by atoms with Crippen LogP contribution in [-0.2, 0) is 0 Å². The number of fused-ring (bicyclic) bond motifs is 1. The molecule has 0 atom stereocenters. The molecule has 0 saturated carbocycles. The van der Waals surface area contributed by atoms with E-state index in [9.17, 15) is 4.39 Å². The van der Waals surface area contributed by atoms with Crippen molar-refractivity contribution in [2.45, 2.75) is 0 Å². The van der Waals surface area contributed by atoms with E-state index in [1.807, 2.05) is 18.2 Å². The monoisotopic (exact) mass is 303 g/mol. The second-order valence-electron chi connectivity index (χ2n) is 4.03. The molecule has 6 heteroatoms. The molecule has 0 unspecified atom stereocenters. The molecule has 20 heavy (non-hydrogen) atoms. The summed E-state index contributed by atoms with van der Waals surface area (Å²) < 4.78 is 14.4. The summed E-state index contributed by atoms with van der Waals surface area (Å²) in [5, 5.41) is 13.2. The van der Waals surface area contributed by atoms with Crippen molar-refractivity contribution in [3.05, 3.63) is 52.8 Å². The number of nitrogens with zero attached hydrogens (tertiary/aromatic N) is 2. The molecule has 3 nitrogen and oxygen atoms in total. The maximum absolute atomic E-state index is 13.5. The summed E-state index contributed by atoms with van der Waals surface area (Å²) in [5.41, 5.74) is 1.18. The summed E-state index contributed by atoms with van der Waals surface area (Å²) in [4.78, 5) is 4.37. The van der Waals surface area contributed by atoms with Crippen LogP contribution in [0.25, 0.3) is 10.2 Å². The van der Waals surface area contributed by atoms with Crippen LogP contribution in [0.3, 0.4) is 0 Å². The molecule has 0 radical (unpaired) electrons. The molecular formula is C14H7ClFN3S. The number of halogens is 2. The number of rotatable bonds is 2. The Kier molecular flexibility index (Phi) is 3.26. The Morgan fingerprint density at radius 1 is 1.30 bits per heavy atom. The third kappa shape index (κ3) is 2.31. The topological polar surface area (TPSA) is 48.7 Å². The third-order valence-electron chi connectivity index (χ3n) is 2.72. The second-order valence-corrected chi connectivity index (χ2v) is 5.50. The molecule has 0 fully saturated rings. The Labute approximate surface area is 123 Å². The zero-order chi connectivity index (χ0) is 14.1. The van der Waals surface area contributed by atoms with E-state index in [-0.39, 0.29) is 5.56 Å². The number of thiazole rings is 1. The normalized spacial score (nSPS) is 10.4. The molecule has 98 valence electrons. The molecule has 0 aliphatic carbocycles. The van der Waals surface area contributed by atoms with Crippen molar-refractivity contribution in [2.24, 2.45) is 0 Å². The fraction of sp³-hybridized carbons (Fsp3) is 0. The van der Waals surface area contributed by atoms with Gasteiger partial charge in [0.2, 0.25) is 0 Å². The Balaban J connectivity index is 2.02. The minimum absolute atomic E-state index is 0.0233. The van der Waals surface area contributed by atoms with Crippen LogP contribution in [-0.4, -0.2) is 4.98 Å². The van der Waals surface area contributed by atoms with Gasteiger partial charge < -0.3 is 5.32 Å². The van der Waals surface area contributed by atoms with Crippen molar-refractivity contribution in [1.82, 2.24) is 4.98 Å². The van der Waals surface area contributed by atoms with Gasteiger partial charge in [-0.05, 0) is 30.3 Å². The Hall–Kier alpha value is -2.16. The molecule has 0 saturated heterocycles. The molecular weight excluding hydrogens is 297 g/mol. The highest BCUT2D eigenvalue weighted by Gasteiger charge is 2.10. The fourth-order valence-electron chi connectivity index (χ4n) is 1.81. The predicted octanol–water partition coefficient (Wildman–Crippen LogP) is 4.70.